The molecular formula is C25H24N4O6. The third-order valence-electron chi connectivity index (χ3n) is 4.59. The van der Waals surface area contributed by atoms with Crippen LogP contribution in [0, 0.1) is 0 Å². The molecule has 3 aromatic rings. The number of carbonyl (C=O) groups is 3. The number of anilines is 1. The molecule has 35 heavy (non-hydrogen) atoms. The van der Waals surface area contributed by atoms with E-state index < -0.39 is 30.9 Å². The lowest BCUT2D eigenvalue weighted by Crippen LogP contribution is -2.32. The Balaban J connectivity index is 1.41. The first kappa shape index (κ1) is 24.9. The van der Waals surface area contributed by atoms with Gasteiger partial charge in [-0.2, -0.15) is 10.2 Å². The Hall–Kier alpha value is -4.73. The minimum Gasteiger partial charge on any atom is -0.493 e. The molecule has 0 spiro atoms. The lowest BCUT2D eigenvalue weighted by Gasteiger charge is -2.10. The van der Waals surface area contributed by atoms with Gasteiger partial charge in [-0.1, -0.05) is 18.2 Å². The Kier molecular flexibility index (Phi) is 8.89. The summed E-state index contributed by atoms with van der Waals surface area (Å²) in [6.45, 7) is -0.901. The average Bonchev–Trinajstić information content (AvgIpc) is 2.90. The van der Waals surface area contributed by atoms with E-state index in [1.54, 1.807) is 30.3 Å². The summed E-state index contributed by atoms with van der Waals surface area (Å²) in [5.41, 5.74) is 2.13. The van der Waals surface area contributed by atoms with Gasteiger partial charge in [-0.15, -0.1) is 0 Å². The van der Waals surface area contributed by atoms with Gasteiger partial charge >= 0.3 is 5.97 Å². The second-order valence-electron chi connectivity index (χ2n) is 7.04. The molecule has 10 nitrogen and oxygen atoms in total. The second kappa shape index (κ2) is 12.5. The summed E-state index contributed by atoms with van der Waals surface area (Å²) in [4.78, 5) is 36.2. The molecule has 0 saturated heterocycles. The van der Waals surface area contributed by atoms with Gasteiger partial charge in [0.1, 0.15) is 6.54 Å². The fourth-order valence-corrected chi connectivity index (χ4v) is 2.85. The van der Waals surface area contributed by atoms with E-state index in [4.69, 9.17) is 14.2 Å². The van der Waals surface area contributed by atoms with Gasteiger partial charge in [-0.25, -0.2) is 0 Å². The molecule has 0 radical (unpaired) electrons. The number of nitrogens with zero attached hydrogens (tertiary/aromatic N) is 2. The van der Waals surface area contributed by atoms with E-state index in [0.717, 1.165) is 5.69 Å². The molecule has 2 amide bonds. The van der Waals surface area contributed by atoms with Crippen LogP contribution in [0.25, 0.3) is 0 Å². The molecule has 0 saturated carbocycles. The summed E-state index contributed by atoms with van der Waals surface area (Å²) in [7, 11) is 2.94. The molecule has 3 aromatic carbocycles. The van der Waals surface area contributed by atoms with Crippen molar-refractivity contribution in [3.8, 4) is 11.5 Å². The number of benzene rings is 3. The van der Waals surface area contributed by atoms with Crippen LogP contribution in [0.1, 0.15) is 10.4 Å². The Morgan fingerprint density at radius 3 is 2.11 bits per heavy atom. The van der Waals surface area contributed by atoms with Crippen LogP contribution in [0.2, 0.25) is 0 Å². The first-order valence-corrected chi connectivity index (χ1v) is 10.5. The highest BCUT2D eigenvalue weighted by Gasteiger charge is 2.13. The van der Waals surface area contributed by atoms with Gasteiger partial charge in [-0.05, 0) is 54.6 Å². The first-order chi connectivity index (χ1) is 17.0. The van der Waals surface area contributed by atoms with Crippen molar-refractivity contribution in [1.29, 1.82) is 0 Å². The van der Waals surface area contributed by atoms with E-state index in [9.17, 15) is 14.4 Å². The van der Waals surface area contributed by atoms with E-state index in [-0.39, 0.29) is 5.56 Å². The number of carbonyl (C=O) groups excluding carboxylic acids is 3. The Bertz CT molecular complexity index is 1200. The van der Waals surface area contributed by atoms with Crippen LogP contribution in [0.4, 0.5) is 17.1 Å². The average molecular weight is 476 g/mol. The van der Waals surface area contributed by atoms with Gasteiger partial charge in [0.15, 0.2) is 18.1 Å². The van der Waals surface area contributed by atoms with E-state index in [0.29, 0.717) is 22.9 Å². The second-order valence-corrected chi connectivity index (χ2v) is 7.04. The Morgan fingerprint density at radius 2 is 1.46 bits per heavy atom. The topological polar surface area (TPSA) is 128 Å². The summed E-state index contributed by atoms with van der Waals surface area (Å²) in [5, 5.41) is 13.3. The van der Waals surface area contributed by atoms with Crippen molar-refractivity contribution in [2.75, 3.05) is 32.7 Å². The zero-order chi connectivity index (χ0) is 25.0. The number of azo groups is 1. The van der Waals surface area contributed by atoms with Crippen molar-refractivity contribution in [1.82, 2.24) is 5.32 Å². The summed E-state index contributed by atoms with van der Waals surface area (Å²) in [5.74, 6) is -0.932. The fraction of sp³-hybridized carbons (Fsp3) is 0.160. The van der Waals surface area contributed by atoms with E-state index in [1.807, 2.05) is 30.3 Å². The number of rotatable bonds is 10. The standard InChI is InChI=1S/C25H24N4O6/c1-33-21-13-8-17(14-22(21)34-2)25(32)26-15-24(31)35-16-23(30)27-18-9-11-20(12-10-18)29-28-19-6-4-3-5-7-19/h3-14H,15-16H2,1-2H3,(H,26,32)(H,27,30). The van der Waals surface area contributed by atoms with Gasteiger partial charge in [0.05, 0.1) is 25.6 Å². The first-order valence-electron chi connectivity index (χ1n) is 10.5. The van der Waals surface area contributed by atoms with Crippen molar-refractivity contribution >= 4 is 34.8 Å². The fourth-order valence-electron chi connectivity index (χ4n) is 2.85. The molecule has 0 fully saturated rings. The highest BCUT2D eigenvalue weighted by Crippen LogP contribution is 2.27. The predicted molar refractivity (Wildman–Crippen MR) is 129 cm³/mol. The quantitative estimate of drug-likeness (QED) is 0.336. The summed E-state index contributed by atoms with van der Waals surface area (Å²) in [6.07, 6.45) is 0. The van der Waals surface area contributed by atoms with Crippen molar-refractivity contribution in [2.45, 2.75) is 0 Å². The number of hydrogen-bond acceptors (Lipinski definition) is 8. The van der Waals surface area contributed by atoms with Crippen LogP contribution < -0.4 is 20.1 Å². The molecule has 0 unspecified atom stereocenters. The van der Waals surface area contributed by atoms with Gasteiger partial charge < -0.3 is 24.8 Å². The monoisotopic (exact) mass is 476 g/mol. The molecule has 180 valence electrons. The zero-order valence-corrected chi connectivity index (χ0v) is 19.2. The SMILES string of the molecule is COc1ccc(C(=O)NCC(=O)OCC(=O)Nc2ccc(N=Nc3ccccc3)cc2)cc1OC. The third-order valence-corrected chi connectivity index (χ3v) is 4.59. The largest absolute Gasteiger partial charge is 0.493 e. The van der Waals surface area contributed by atoms with Crippen LogP contribution in [0.3, 0.4) is 0 Å². The normalized spacial score (nSPS) is 10.5. The molecular weight excluding hydrogens is 452 g/mol. The van der Waals surface area contributed by atoms with E-state index in [1.165, 1.54) is 26.4 Å². The lowest BCUT2D eigenvalue weighted by molar-refractivity contribution is -0.146. The maximum atomic E-state index is 12.2. The van der Waals surface area contributed by atoms with E-state index >= 15 is 0 Å². The summed E-state index contributed by atoms with van der Waals surface area (Å²) in [6, 6.07) is 20.6. The van der Waals surface area contributed by atoms with Crippen LogP contribution in [-0.4, -0.2) is 45.2 Å². The molecule has 0 heterocycles. The number of esters is 1. The molecule has 0 aromatic heterocycles. The highest BCUT2D eigenvalue weighted by molar-refractivity contribution is 5.97. The molecule has 0 atom stereocenters. The van der Waals surface area contributed by atoms with Crippen LogP contribution in [-0.2, 0) is 14.3 Å². The van der Waals surface area contributed by atoms with Gasteiger partial charge in [0.25, 0.3) is 11.8 Å². The number of methoxy groups -OCH3 is 2. The smallest absolute Gasteiger partial charge is 0.325 e. The third kappa shape index (κ3) is 7.67. The number of nitrogens with one attached hydrogen (secondary N) is 2. The van der Waals surface area contributed by atoms with Crippen molar-refractivity contribution in [3.63, 3.8) is 0 Å². The van der Waals surface area contributed by atoms with Crippen molar-refractivity contribution in [2.24, 2.45) is 10.2 Å². The minimum absolute atomic E-state index is 0.278. The minimum atomic E-state index is -0.759. The summed E-state index contributed by atoms with van der Waals surface area (Å²) < 4.78 is 15.2. The van der Waals surface area contributed by atoms with Crippen LogP contribution >= 0.6 is 0 Å². The lowest BCUT2D eigenvalue weighted by atomic mass is 10.2. The van der Waals surface area contributed by atoms with Crippen LogP contribution in [0.15, 0.2) is 83.0 Å². The van der Waals surface area contributed by atoms with Crippen LogP contribution in [0.5, 0.6) is 11.5 Å². The predicted octanol–water partition coefficient (Wildman–Crippen LogP) is 4.03. The zero-order valence-electron chi connectivity index (χ0n) is 19.2. The molecule has 3 rings (SSSR count). The maximum Gasteiger partial charge on any atom is 0.325 e. The Morgan fingerprint density at radius 1 is 0.800 bits per heavy atom. The van der Waals surface area contributed by atoms with E-state index in [2.05, 4.69) is 20.9 Å². The number of ether oxygens (including phenoxy) is 3. The Labute approximate surface area is 201 Å². The van der Waals surface area contributed by atoms with Gasteiger partial charge in [0.2, 0.25) is 0 Å². The molecule has 0 aliphatic rings. The maximum absolute atomic E-state index is 12.2. The van der Waals surface area contributed by atoms with Gasteiger partial charge in [0, 0.05) is 11.3 Å². The van der Waals surface area contributed by atoms with Crippen molar-refractivity contribution in [3.05, 3.63) is 78.4 Å². The summed E-state index contributed by atoms with van der Waals surface area (Å²) >= 11 is 0. The molecule has 0 aliphatic carbocycles. The van der Waals surface area contributed by atoms with Gasteiger partial charge in [-0.3, -0.25) is 14.4 Å². The van der Waals surface area contributed by atoms with Crippen molar-refractivity contribution < 1.29 is 28.6 Å². The molecule has 10 heteroatoms. The molecule has 2 N–H and O–H groups in total. The highest BCUT2D eigenvalue weighted by atomic mass is 16.5. The molecule has 0 bridgehead atoms. The molecule has 0 aliphatic heterocycles. The number of hydrogen-bond donors (Lipinski definition) is 2. The number of amides is 2.